The molecule has 0 nitrogen and oxygen atoms in total. The summed E-state index contributed by atoms with van der Waals surface area (Å²) in [5.74, 6) is 1.46. The van der Waals surface area contributed by atoms with Crippen LogP contribution in [0.3, 0.4) is 0 Å². The molecule has 0 aromatic heterocycles. The van der Waals surface area contributed by atoms with Crippen LogP contribution in [0.15, 0.2) is 0 Å². The Morgan fingerprint density at radius 3 is 1.71 bits per heavy atom. The summed E-state index contributed by atoms with van der Waals surface area (Å²) in [7, 11) is 0. The lowest BCUT2D eigenvalue weighted by Crippen LogP contribution is -1.99. The van der Waals surface area contributed by atoms with Gasteiger partial charge in [0.15, 0.2) is 0 Å². The first-order valence-electron chi connectivity index (χ1n) is 2.62. The zero-order valence-corrected chi connectivity index (χ0v) is 6.70. The second-order valence-corrected chi connectivity index (χ2v) is 2.76. The lowest BCUT2D eigenvalue weighted by atomic mass is 10.0. The molecule has 0 fully saturated rings. The van der Waals surface area contributed by atoms with Crippen molar-refractivity contribution in [2.24, 2.45) is 11.8 Å². The van der Waals surface area contributed by atoms with E-state index in [2.05, 4.69) is 42.0 Å². The fourth-order valence-electron chi connectivity index (χ4n) is 0.145. The van der Waals surface area contributed by atoms with Crippen LogP contribution in [-0.2, 0) is 0 Å². The molecule has 0 aliphatic carbocycles. The van der Waals surface area contributed by atoms with Gasteiger partial charge in [-0.1, -0.05) is 36.7 Å². The molecule has 0 heterocycles. The van der Waals surface area contributed by atoms with Crippen LogP contribution in [0, 0.1) is 17.2 Å². The van der Waals surface area contributed by atoms with Gasteiger partial charge in [0.25, 0.3) is 0 Å². The maximum Gasteiger partial charge on any atom is 0.0301 e. The zero-order chi connectivity index (χ0) is 5.86. The minimum absolute atomic E-state index is 0.694. The summed E-state index contributed by atoms with van der Waals surface area (Å²) < 4.78 is 0. The van der Waals surface area contributed by atoms with E-state index in [1.165, 1.54) is 0 Å². The van der Waals surface area contributed by atoms with Crippen molar-refractivity contribution in [3.05, 3.63) is 5.33 Å². The van der Waals surface area contributed by atoms with Crippen LogP contribution in [0.4, 0.5) is 0 Å². The Labute approximate surface area is 54.4 Å². The summed E-state index contributed by atoms with van der Waals surface area (Å²) >= 11 is 3.29. The third-order valence-electron chi connectivity index (χ3n) is 1.25. The molecule has 7 heavy (non-hydrogen) atoms. The van der Waals surface area contributed by atoms with Gasteiger partial charge in [0.05, 0.1) is 0 Å². The predicted molar refractivity (Wildman–Crippen MR) is 37.2 cm³/mol. The first-order valence-corrected chi connectivity index (χ1v) is 3.53. The van der Waals surface area contributed by atoms with Crippen LogP contribution in [-0.4, -0.2) is 0 Å². The van der Waals surface area contributed by atoms with Gasteiger partial charge in [-0.15, -0.1) is 0 Å². The second kappa shape index (κ2) is 3.48. The second-order valence-electron chi connectivity index (χ2n) is 2.23. The first kappa shape index (κ1) is 7.48. The van der Waals surface area contributed by atoms with Crippen molar-refractivity contribution in [1.82, 2.24) is 0 Å². The van der Waals surface area contributed by atoms with E-state index in [0.717, 1.165) is 5.92 Å². The van der Waals surface area contributed by atoms with E-state index in [0.29, 0.717) is 5.92 Å². The van der Waals surface area contributed by atoms with Crippen LogP contribution in [0.2, 0.25) is 0 Å². The van der Waals surface area contributed by atoms with E-state index in [1.807, 2.05) is 0 Å². The molecule has 0 saturated heterocycles. The summed E-state index contributed by atoms with van der Waals surface area (Å²) in [4.78, 5) is 0. The summed E-state index contributed by atoms with van der Waals surface area (Å²) in [6.07, 6.45) is 0. The molecule has 0 aromatic carbocycles. The average molecular weight is 164 g/mol. The van der Waals surface area contributed by atoms with Gasteiger partial charge in [0.1, 0.15) is 0 Å². The number of rotatable bonds is 2. The first-order chi connectivity index (χ1) is 3.18. The Balaban J connectivity index is 3.14. The Bertz CT molecular complexity index is 41.4. The van der Waals surface area contributed by atoms with Crippen molar-refractivity contribution < 1.29 is 0 Å². The smallest absolute Gasteiger partial charge is 0.0301 e. The fraction of sp³-hybridized carbons (Fsp3) is 0.833. The molecule has 1 unspecified atom stereocenters. The minimum atomic E-state index is 0.694. The van der Waals surface area contributed by atoms with Gasteiger partial charge in [-0.2, -0.15) is 0 Å². The maximum absolute atomic E-state index is 3.29. The van der Waals surface area contributed by atoms with Crippen LogP contribution in [0.25, 0.3) is 0 Å². The average Bonchev–Trinajstić information content (AvgIpc) is 1.65. The lowest BCUT2D eigenvalue weighted by molar-refractivity contribution is 0.495. The predicted octanol–water partition coefficient (Wildman–Crippen LogP) is 2.84. The standard InChI is InChI=1S/C6H12Br/c1-5(2)6(3)4-7/h4-6H,1-3H3. The zero-order valence-electron chi connectivity index (χ0n) is 5.11. The van der Waals surface area contributed by atoms with Gasteiger partial charge in [-0.05, 0) is 11.8 Å². The third kappa shape index (κ3) is 3.10. The molecule has 43 valence electrons. The Morgan fingerprint density at radius 1 is 1.29 bits per heavy atom. The molecule has 0 bridgehead atoms. The summed E-state index contributed by atoms with van der Waals surface area (Å²) in [5, 5.41) is 2.05. The molecular weight excluding hydrogens is 152 g/mol. The molecule has 0 spiro atoms. The highest BCUT2D eigenvalue weighted by Crippen LogP contribution is 2.15. The van der Waals surface area contributed by atoms with Gasteiger partial charge in [-0.3, -0.25) is 0 Å². The molecular formula is C6H12Br. The van der Waals surface area contributed by atoms with Crippen molar-refractivity contribution in [3.63, 3.8) is 0 Å². The van der Waals surface area contributed by atoms with E-state index < -0.39 is 0 Å². The van der Waals surface area contributed by atoms with Crippen LogP contribution in [0.1, 0.15) is 20.8 Å². The van der Waals surface area contributed by atoms with Gasteiger partial charge in [0.2, 0.25) is 0 Å². The monoisotopic (exact) mass is 163 g/mol. The molecule has 0 aliphatic rings. The molecule has 0 amide bonds. The van der Waals surface area contributed by atoms with E-state index in [9.17, 15) is 0 Å². The van der Waals surface area contributed by atoms with E-state index in [1.54, 1.807) is 0 Å². The molecule has 0 aromatic rings. The van der Waals surface area contributed by atoms with Gasteiger partial charge >= 0.3 is 0 Å². The third-order valence-corrected chi connectivity index (χ3v) is 2.08. The topological polar surface area (TPSA) is 0 Å². The van der Waals surface area contributed by atoms with Crippen molar-refractivity contribution in [3.8, 4) is 0 Å². The molecule has 0 aliphatic heterocycles. The quantitative estimate of drug-likeness (QED) is 0.588. The normalized spacial score (nSPS) is 15.0. The van der Waals surface area contributed by atoms with Gasteiger partial charge < -0.3 is 0 Å². The summed E-state index contributed by atoms with van der Waals surface area (Å²) in [6.45, 7) is 6.62. The van der Waals surface area contributed by atoms with E-state index >= 15 is 0 Å². The summed E-state index contributed by atoms with van der Waals surface area (Å²) in [6, 6.07) is 0. The molecule has 1 heteroatoms. The van der Waals surface area contributed by atoms with Crippen LogP contribution >= 0.6 is 15.9 Å². The highest BCUT2D eigenvalue weighted by atomic mass is 79.9. The van der Waals surface area contributed by atoms with Crippen LogP contribution in [0.5, 0.6) is 0 Å². The highest BCUT2D eigenvalue weighted by Gasteiger charge is 2.02. The molecule has 1 atom stereocenters. The largest absolute Gasteiger partial charge is 0.0875 e. The Morgan fingerprint density at radius 2 is 1.71 bits per heavy atom. The van der Waals surface area contributed by atoms with Gasteiger partial charge in [-0.25, -0.2) is 0 Å². The highest BCUT2D eigenvalue weighted by molar-refractivity contribution is 9.10. The molecule has 0 rings (SSSR count). The minimum Gasteiger partial charge on any atom is -0.0875 e. The van der Waals surface area contributed by atoms with Crippen LogP contribution < -0.4 is 0 Å². The lowest BCUT2D eigenvalue weighted by Gasteiger charge is -2.09. The molecule has 0 saturated carbocycles. The Hall–Kier alpha value is 0.480. The van der Waals surface area contributed by atoms with E-state index in [4.69, 9.17) is 0 Å². The van der Waals surface area contributed by atoms with Crippen molar-refractivity contribution >= 4 is 15.9 Å². The molecule has 1 radical (unpaired) electrons. The van der Waals surface area contributed by atoms with Crippen molar-refractivity contribution in [2.45, 2.75) is 20.8 Å². The number of hydrogen-bond donors (Lipinski definition) is 0. The number of halogens is 1. The van der Waals surface area contributed by atoms with E-state index in [-0.39, 0.29) is 0 Å². The maximum atomic E-state index is 3.29. The fourth-order valence-corrected chi connectivity index (χ4v) is 0.756. The van der Waals surface area contributed by atoms with Crippen molar-refractivity contribution in [1.29, 1.82) is 0 Å². The SMILES string of the molecule is CC(C)C(C)[CH]Br. The number of hydrogen-bond acceptors (Lipinski definition) is 0. The van der Waals surface area contributed by atoms with Crippen molar-refractivity contribution in [2.75, 3.05) is 0 Å². The van der Waals surface area contributed by atoms with Gasteiger partial charge in [0, 0.05) is 5.33 Å². The summed E-state index contributed by atoms with van der Waals surface area (Å²) in [5.41, 5.74) is 0. The molecule has 0 N–H and O–H groups in total. The Kier molecular flexibility index (Phi) is 3.72.